The van der Waals surface area contributed by atoms with Crippen LogP contribution in [0.5, 0.6) is 0 Å². The zero-order valence-electron chi connectivity index (χ0n) is 17.4. The molecule has 3 aromatic rings. The average Bonchev–Trinajstić information content (AvgIpc) is 3.28. The van der Waals surface area contributed by atoms with E-state index >= 15 is 0 Å². The molecule has 1 amide bonds. The van der Waals surface area contributed by atoms with Gasteiger partial charge in [0.05, 0.1) is 11.3 Å². The Morgan fingerprint density at radius 3 is 2.36 bits per heavy atom. The fraction of sp³-hybridized carbons (Fsp3) is 0.263. The highest BCUT2D eigenvalue weighted by Gasteiger charge is 2.39. The number of aromatic nitrogens is 3. The molecule has 0 saturated carbocycles. The summed E-state index contributed by atoms with van der Waals surface area (Å²) in [5.41, 5.74) is 0.613. The van der Waals surface area contributed by atoms with Gasteiger partial charge in [-0.3, -0.25) is 14.5 Å². The molecule has 0 N–H and O–H groups in total. The standard InChI is InChI=1S/C19H17ClF3N4O4S2/c1-4-33(29,30)14-9-12(11-5-7-13(20)8-6-11)10-27(31-3)15(14)16(28)26(2)18-25-24-17(32-18)19(21,22)23/h5-10H,4H2,1-3H3/q+1. The van der Waals surface area contributed by atoms with E-state index in [1.165, 1.54) is 33.3 Å². The first-order chi connectivity index (χ1) is 15.4. The molecular formula is C19H17ClF3N4O4S2+. The molecule has 14 heteroatoms. The van der Waals surface area contributed by atoms with Crippen LogP contribution in [0.1, 0.15) is 22.4 Å². The minimum absolute atomic E-state index is 0.151. The van der Waals surface area contributed by atoms with Crippen LogP contribution in [-0.2, 0) is 16.0 Å². The number of carbonyl (C=O) groups excluding carboxylic acids is 1. The van der Waals surface area contributed by atoms with Crippen LogP contribution in [0.2, 0.25) is 5.02 Å². The van der Waals surface area contributed by atoms with Gasteiger partial charge in [-0.15, -0.1) is 10.2 Å². The van der Waals surface area contributed by atoms with Crippen molar-refractivity contribution in [2.75, 3.05) is 24.8 Å². The molecule has 0 aliphatic rings. The second kappa shape index (κ2) is 9.23. The topological polar surface area (TPSA) is 93.3 Å². The van der Waals surface area contributed by atoms with E-state index in [4.69, 9.17) is 16.4 Å². The number of nitrogens with zero attached hydrogens (tertiary/aromatic N) is 4. The summed E-state index contributed by atoms with van der Waals surface area (Å²) in [6.45, 7) is 1.40. The molecule has 0 aliphatic carbocycles. The molecule has 2 heterocycles. The number of anilines is 1. The number of amides is 1. The van der Waals surface area contributed by atoms with E-state index in [0.717, 1.165) is 9.63 Å². The third-order valence-electron chi connectivity index (χ3n) is 4.54. The highest BCUT2D eigenvalue weighted by molar-refractivity contribution is 7.91. The van der Waals surface area contributed by atoms with Gasteiger partial charge in [0, 0.05) is 16.8 Å². The van der Waals surface area contributed by atoms with Crippen LogP contribution in [0, 0.1) is 0 Å². The predicted octanol–water partition coefficient (Wildman–Crippen LogP) is 3.29. The number of pyridine rings is 1. The van der Waals surface area contributed by atoms with Gasteiger partial charge in [-0.2, -0.15) is 13.2 Å². The Bertz CT molecular complexity index is 1300. The quantitative estimate of drug-likeness (QED) is 0.462. The lowest BCUT2D eigenvalue weighted by Crippen LogP contribution is -2.50. The van der Waals surface area contributed by atoms with Gasteiger partial charge in [-0.25, -0.2) is 8.42 Å². The number of rotatable bonds is 6. The van der Waals surface area contributed by atoms with Gasteiger partial charge in [0.15, 0.2) is 9.84 Å². The Morgan fingerprint density at radius 2 is 1.85 bits per heavy atom. The molecule has 1 aromatic carbocycles. The van der Waals surface area contributed by atoms with Crippen LogP contribution in [-0.4, -0.2) is 44.4 Å². The summed E-state index contributed by atoms with van der Waals surface area (Å²) in [5, 5.41) is 5.34. The largest absolute Gasteiger partial charge is 0.445 e. The summed E-state index contributed by atoms with van der Waals surface area (Å²) in [7, 11) is -1.58. The van der Waals surface area contributed by atoms with Crippen LogP contribution in [0.4, 0.5) is 18.3 Å². The maximum Gasteiger partial charge on any atom is 0.445 e. The third-order valence-corrected chi connectivity index (χ3v) is 7.57. The lowest BCUT2D eigenvalue weighted by molar-refractivity contribution is -0.887. The van der Waals surface area contributed by atoms with E-state index in [0.29, 0.717) is 16.1 Å². The molecule has 0 radical (unpaired) electrons. The third kappa shape index (κ3) is 5.09. The molecule has 3 rings (SSSR count). The number of sulfone groups is 1. The smallest absolute Gasteiger partial charge is 0.280 e. The molecule has 0 bridgehead atoms. The maximum absolute atomic E-state index is 13.3. The number of hydrogen-bond acceptors (Lipinski definition) is 7. The zero-order chi connectivity index (χ0) is 24.6. The molecule has 0 spiro atoms. The summed E-state index contributed by atoms with van der Waals surface area (Å²) in [4.78, 5) is 18.9. The van der Waals surface area contributed by atoms with Crippen LogP contribution in [0.25, 0.3) is 11.1 Å². The Labute approximate surface area is 196 Å². The SMILES string of the molecule is CCS(=O)(=O)c1cc(-c2ccc(Cl)cc2)c[n+](OC)c1C(=O)N(C)c1nnc(C(F)(F)F)s1. The minimum Gasteiger partial charge on any atom is -0.280 e. The number of alkyl halides is 3. The summed E-state index contributed by atoms with van der Waals surface area (Å²) in [5.74, 6) is -1.28. The average molecular weight is 522 g/mol. The number of hydrogen-bond donors (Lipinski definition) is 0. The zero-order valence-corrected chi connectivity index (χ0v) is 19.8. The van der Waals surface area contributed by atoms with Gasteiger partial charge >= 0.3 is 17.8 Å². The van der Waals surface area contributed by atoms with Crippen molar-refractivity contribution in [2.24, 2.45) is 0 Å². The number of halogens is 4. The second-order valence-corrected chi connectivity index (χ2v) is 10.3. The van der Waals surface area contributed by atoms with Crippen molar-refractivity contribution in [2.45, 2.75) is 18.0 Å². The molecule has 33 heavy (non-hydrogen) atoms. The van der Waals surface area contributed by atoms with Crippen molar-refractivity contribution in [1.82, 2.24) is 10.2 Å². The lowest BCUT2D eigenvalue weighted by Gasteiger charge is -2.14. The van der Waals surface area contributed by atoms with E-state index in [1.807, 2.05) is 0 Å². The van der Waals surface area contributed by atoms with E-state index < -0.39 is 32.6 Å². The highest BCUT2D eigenvalue weighted by atomic mass is 35.5. The van der Waals surface area contributed by atoms with Gasteiger partial charge in [-0.05, 0) is 23.8 Å². The van der Waals surface area contributed by atoms with Crippen LogP contribution < -0.4 is 14.5 Å². The minimum atomic E-state index is -4.73. The summed E-state index contributed by atoms with van der Waals surface area (Å²) < 4.78 is 65.4. The predicted molar refractivity (Wildman–Crippen MR) is 115 cm³/mol. The first kappa shape index (κ1) is 24.9. The Morgan fingerprint density at radius 1 is 1.21 bits per heavy atom. The lowest BCUT2D eigenvalue weighted by atomic mass is 10.1. The van der Waals surface area contributed by atoms with E-state index in [2.05, 4.69) is 10.2 Å². The van der Waals surface area contributed by atoms with Crippen molar-refractivity contribution < 1.29 is 36.0 Å². The molecule has 176 valence electrons. The Hall–Kier alpha value is -2.77. The first-order valence-corrected chi connectivity index (χ1v) is 12.0. The molecule has 0 aliphatic heterocycles. The Balaban J connectivity index is 2.18. The first-order valence-electron chi connectivity index (χ1n) is 9.20. The summed E-state index contributed by atoms with van der Waals surface area (Å²) in [6, 6.07) is 7.85. The van der Waals surface area contributed by atoms with Gasteiger partial charge in [0.25, 0.3) is 0 Å². The second-order valence-electron chi connectivity index (χ2n) is 6.61. The van der Waals surface area contributed by atoms with Gasteiger partial charge in [0.2, 0.25) is 16.3 Å². The molecular weight excluding hydrogens is 505 g/mol. The molecule has 2 aromatic heterocycles. The molecule has 0 atom stereocenters. The van der Waals surface area contributed by atoms with Crippen molar-refractivity contribution in [3.8, 4) is 11.1 Å². The van der Waals surface area contributed by atoms with Crippen molar-refractivity contribution in [3.05, 3.63) is 52.3 Å². The monoisotopic (exact) mass is 521 g/mol. The molecule has 8 nitrogen and oxygen atoms in total. The van der Waals surface area contributed by atoms with Gasteiger partial charge < -0.3 is 0 Å². The summed E-state index contributed by atoms with van der Waals surface area (Å²) in [6.07, 6.45) is -3.34. The fourth-order valence-corrected chi connectivity index (χ4v) is 4.68. The van der Waals surface area contributed by atoms with Crippen molar-refractivity contribution in [1.29, 1.82) is 0 Å². The molecule has 0 unspecified atom stereocenters. The van der Waals surface area contributed by atoms with Crippen LogP contribution >= 0.6 is 22.9 Å². The normalized spacial score (nSPS) is 12.0. The Kier molecular flexibility index (Phi) is 6.96. The van der Waals surface area contributed by atoms with E-state index in [1.54, 1.807) is 24.3 Å². The van der Waals surface area contributed by atoms with Crippen LogP contribution in [0.3, 0.4) is 0 Å². The van der Waals surface area contributed by atoms with Gasteiger partial charge in [0.1, 0.15) is 12.0 Å². The van der Waals surface area contributed by atoms with E-state index in [9.17, 15) is 26.4 Å². The number of benzene rings is 1. The van der Waals surface area contributed by atoms with Crippen molar-refractivity contribution in [3.63, 3.8) is 0 Å². The molecule has 0 saturated heterocycles. The van der Waals surface area contributed by atoms with Gasteiger partial charge in [-0.1, -0.05) is 42.0 Å². The number of carbonyl (C=O) groups is 1. The maximum atomic E-state index is 13.3. The van der Waals surface area contributed by atoms with E-state index in [-0.39, 0.29) is 27.1 Å². The van der Waals surface area contributed by atoms with Crippen molar-refractivity contribution >= 4 is 43.8 Å². The summed E-state index contributed by atoms with van der Waals surface area (Å²) >= 11 is 6.07. The fourth-order valence-electron chi connectivity index (χ4n) is 2.79. The highest BCUT2D eigenvalue weighted by Crippen LogP contribution is 2.34. The van der Waals surface area contributed by atoms with Crippen LogP contribution in [0.15, 0.2) is 41.4 Å². The molecule has 0 fully saturated rings.